The number of benzene rings is 1. The molecule has 0 bridgehead atoms. The molecule has 1 aromatic carbocycles. The molecular weight excluding hydrogens is 250 g/mol. The molecule has 0 unspecified atom stereocenters. The summed E-state index contributed by atoms with van der Waals surface area (Å²) in [5.74, 6) is -1.36. The first kappa shape index (κ1) is 13.4. The summed E-state index contributed by atoms with van der Waals surface area (Å²) in [7, 11) is 1.62. The molecule has 0 aliphatic heterocycles. The number of hydrogen-bond acceptors (Lipinski definition) is 3. The standard InChI is InChI=1S/C14H14F2N2O/c1-19-9-11-5-3-2-4-10(11)7-17-14-13(16)6-12(15)8-18-14/h2-6,8H,7,9H2,1H3,(H,17,18). The van der Waals surface area contributed by atoms with Gasteiger partial charge in [-0.1, -0.05) is 24.3 Å². The van der Waals surface area contributed by atoms with E-state index in [2.05, 4.69) is 10.3 Å². The van der Waals surface area contributed by atoms with Crippen molar-refractivity contribution in [1.82, 2.24) is 4.98 Å². The van der Waals surface area contributed by atoms with Crippen LogP contribution in [0, 0.1) is 11.6 Å². The number of nitrogens with one attached hydrogen (secondary N) is 1. The first-order valence-electron chi connectivity index (χ1n) is 5.81. The lowest BCUT2D eigenvalue weighted by Gasteiger charge is -2.10. The number of halogens is 2. The maximum absolute atomic E-state index is 13.4. The van der Waals surface area contributed by atoms with E-state index in [0.29, 0.717) is 13.2 Å². The van der Waals surface area contributed by atoms with Crippen LogP contribution in [0.3, 0.4) is 0 Å². The van der Waals surface area contributed by atoms with E-state index in [9.17, 15) is 8.78 Å². The van der Waals surface area contributed by atoms with Gasteiger partial charge in [0.15, 0.2) is 11.6 Å². The summed E-state index contributed by atoms with van der Waals surface area (Å²) in [6, 6.07) is 8.47. The molecule has 2 rings (SSSR count). The molecule has 2 aromatic rings. The van der Waals surface area contributed by atoms with Gasteiger partial charge < -0.3 is 10.1 Å². The lowest BCUT2D eigenvalue weighted by atomic mass is 10.1. The lowest BCUT2D eigenvalue weighted by Crippen LogP contribution is -2.06. The maximum atomic E-state index is 13.4. The van der Waals surface area contributed by atoms with Crippen LogP contribution in [0.15, 0.2) is 36.5 Å². The Morgan fingerprint density at radius 3 is 2.63 bits per heavy atom. The van der Waals surface area contributed by atoms with Gasteiger partial charge in [-0.25, -0.2) is 13.8 Å². The van der Waals surface area contributed by atoms with Gasteiger partial charge in [0.25, 0.3) is 0 Å². The Bertz CT molecular complexity index is 561. The molecule has 1 N–H and O–H groups in total. The van der Waals surface area contributed by atoms with E-state index in [1.54, 1.807) is 7.11 Å². The highest BCUT2D eigenvalue weighted by atomic mass is 19.1. The highest BCUT2D eigenvalue weighted by Gasteiger charge is 2.06. The van der Waals surface area contributed by atoms with Crippen molar-refractivity contribution in [2.45, 2.75) is 13.2 Å². The Morgan fingerprint density at radius 1 is 1.21 bits per heavy atom. The highest BCUT2D eigenvalue weighted by Crippen LogP contribution is 2.15. The number of anilines is 1. The van der Waals surface area contributed by atoms with Gasteiger partial charge in [-0.15, -0.1) is 0 Å². The van der Waals surface area contributed by atoms with Crippen molar-refractivity contribution >= 4 is 5.82 Å². The fourth-order valence-electron chi connectivity index (χ4n) is 1.75. The molecule has 0 fully saturated rings. The van der Waals surface area contributed by atoms with Crippen LogP contribution in [0.1, 0.15) is 11.1 Å². The van der Waals surface area contributed by atoms with Gasteiger partial charge in [0.2, 0.25) is 0 Å². The van der Waals surface area contributed by atoms with E-state index in [-0.39, 0.29) is 5.82 Å². The van der Waals surface area contributed by atoms with Gasteiger partial charge in [0, 0.05) is 19.7 Å². The third-order valence-electron chi connectivity index (χ3n) is 2.67. The van der Waals surface area contributed by atoms with Crippen LogP contribution >= 0.6 is 0 Å². The number of ether oxygens (including phenoxy) is 1. The van der Waals surface area contributed by atoms with E-state index >= 15 is 0 Å². The predicted molar refractivity (Wildman–Crippen MR) is 68.6 cm³/mol. The first-order chi connectivity index (χ1) is 9.20. The van der Waals surface area contributed by atoms with Gasteiger partial charge in [-0.2, -0.15) is 0 Å². The zero-order valence-electron chi connectivity index (χ0n) is 10.5. The molecule has 0 amide bonds. The fourth-order valence-corrected chi connectivity index (χ4v) is 1.75. The molecule has 0 radical (unpaired) electrons. The molecule has 3 nitrogen and oxygen atoms in total. The minimum absolute atomic E-state index is 0.0358. The summed E-state index contributed by atoms with van der Waals surface area (Å²) in [6.45, 7) is 0.881. The number of rotatable bonds is 5. The van der Waals surface area contributed by atoms with Crippen molar-refractivity contribution in [3.63, 3.8) is 0 Å². The molecular formula is C14H14F2N2O. The number of pyridine rings is 1. The molecule has 0 aliphatic carbocycles. The molecule has 0 saturated carbocycles. The molecule has 5 heteroatoms. The topological polar surface area (TPSA) is 34.1 Å². The molecule has 1 aromatic heterocycles. The third-order valence-corrected chi connectivity index (χ3v) is 2.67. The summed E-state index contributed by atoms with van der Waals surface area (Å²) in [4.78, 5) is 3.68. The predicted octanol–water partition coefficient (Wildman–Crippen LogP) is 3.12. The van der Waals surface area contributed by atoms with Crippen molar-refractivity contribution in [1.29, 1.82) is 0 Å². The average Bonchev–Trinajstić information content (AvgIpc) is 2.40. The molecule has 0 spiro atoms. The largest absolute Gasteiger partial charge is 0.380 e. The van der Waals surface area contributed by atoms with E-state index in [0.717, 1.165) is 23.4 Å². The maximum Gasteiger partial charge on any atom is 0.168 e. The Balaban J connectivity index is 2.10. The summed E-state index contributed by atoms with van der Waals surface area (Å²) in [5, 5.41) is 2.85. The van der Waals surface area contributed by atoms with Crippen molar-refractivity contribution in [2.75, 3.05) is 12.4 Å². The van der Waals surface area contributed by atoms with E-state index in [1.165, 1.54) is 0 Å². The van der Waals surface area contributed by atoms with E-state index in [4.69, 9.17) is 4.74 Å². The fraction of sp³-hybridized carbons (Fsp3) is 0.214. The van der Waals surface area contributed by atoms with E-state index < -0.39 is 11.6 Å². The Morgan fingerprint density at radius 2 is 1.95 bits per heavy atom. The SMILES string of the molecule is COCc1ccccc1CNc1ncc(F)cc1F. The van der Waals surface area contributed by atoms with Crippen LogP contribution in [0.2, 0.25) is 0 Å². The quantitative estimate of drug-likeness (QED) is 0.901. The van der Waals surface area contributed by atoms with E-state index in [1.807, 2.05) is 24.3 Å². The summed E-state index contributed by atoms with van der Waals surface area (Å²) in [6.07, 6.45) is 0.979. The third kappa shape index (κ3) is 3.48. The lowest BCUT2D eigenvalue weighted by molar-refractivity contribution is 0.184. The number of methoxy groups -OCH3 is 1. The minimum Gasteiger partial charge on any atom is -0.380 e. The normalized spacial score (nSPS) is 10.5. The van der Waals surface area contributed by atoms with Crippen molar-refractivity contribution in [3.05, 3.63) is 59.3 Å². The van der Waals surface area contributed by atoms with Crippen molar-refractivity contribution in [3.8, 4) is 0 Å². The van der Waals surface area contributed by atoms with Gasteiger partial charge in [0.1, 0.15) is 5.82 Å². The first-order valence-corrected chi connectivity index (χ1v) is 5.81. The molecule has 19 heavy (non-hydrogen) atoms. The van der Waals surface area contributed by atoms with Gasteiger partial charge in [-0.3, -0.25) is 0 Å². The Hall–Kier alpha value is -2.01. The van der Waals surface area contributed by atoms with Crippen LogP contribution in [0.25, 0.3) is 0 Å². The van der Waals surface area contributed by atoms with Crippen LogP contribution in [0.5, 0.6) is 0 Å². The van der Waals surface area contributed by atoms with Gasteiger partial charge >= 0.3 is 0 Å². The summed E-state index contributed by atoms with van der Waals surface area (Å²) in [5.41, 5.74) is 2.00. The second-order valence-corrected chi connectivity index (χ2v) is 4.04. The zero-order valence-corrected chi connectivity index (χ0v) is 10.5. The number of nitrogens with zero attached hydrogens (tertiary/aromatic N) is 1. The molecule has 0 aliphatic rings. The van der Waals surface area contributed by atoms with Crippen LogP contribution in [-0.4, -0.2) is 12.1 Å². The minimum atomic E-state index is -0.704. The van der Waals surface area contributed by atoms with Gasteiger partial charge in [0.05, 0.1) is 12.8 Å². The molecule has 0 atom stereocenters. The Labute approximate surface area is 110 Å². The van der Waals surface area contributed by atoms with Crippen LogP contribution in [0.4, 0.5) is 14.6 Å². The molecule has 100 valence electrons. The van der Waals surface area contributed by atoms with Crippen molar-refractivity contribution in [2.24, 2.45) is 0 Å². The Kier molecular flexibility index (Phi) is 4.41. The number of hydrogen-bond donors (Lipinski definition) is 1. The number of aromatic nitrogens is 1. The van der Waals surface area contributed by atoms with Crippen LogP contribution in [-0.2, 0) is 17.9 Å². The molecule has 0 saturated heterocycles. The monoisotopic (exact) mass is 264 g/mol. The molecule has 1 heterocycles. The zero-order chi connectivity index (χ0) is 13.7. The summed E-state index contributed by atoms with van der Waals surface area (Å²) < 4.78 is 31.2. The average molecular weight is 264 g/mol. The van der Waals surface area contributed by atoms with Crippen molar-refractivity contribution < 1.29 is 13.5 Å². The smallest absolute Gasteiger partial charge is 0.168 e. The second-order valence-electron chi connectivity index (χ2n) is 4.04. The van der Waals surface area contributed by atoms with Gasteiger partial charge in [-0.05, 0) is 11.1 Å². The highest BCUT2D eigenvalue weighted by molar-refractivity contribution is 5.38. The second kappa shape index (κ2) is 6.24. The summed E-state index contributed by atoms with van der Waals surface area (Å²) >= 11 is 0. The van der Waals surface area contributed by atoms with Crippen LogP contribution < -0.4 is 5.32 Å².